The number of carboxylic acids is 1. The summed E-state index contributed by atoms with van der Waals surface area (Å²) < 4.78 is 0. The molecule has 0 unspecified atom stereocenters. The van der Waals surface area contributed by atoms with Gasteiger partial charge in [-0.1, -0.05) is 44.2 Å². The summed E-state index contributed by atoms with van der Waals surface area (Å²) in [6.07, 6.45) is 0.448. The van der Waals surface area contributed by atoms with Crippen LogP contribution in [0.25, 0.3) is 0 Å². The second kappa shape index (κ2) is 26.7. The number of rotatable bonds is 27. The Labute approximate surface area is 346 Å². The van der Waals surface area contributed by atoms with Crippen LogP contribution in [0.2, 0.25) is 0 Å². The Morgan fingerprint density at radius 2 is 1.15 bits per heavy atom. The van der Waals surface area contributed by atoms with Crippen molar-refractivity contribution in [1.29, 1.82) is 0 Å². The van der Waals surface area contributed by atoms with E-state index < -0.39 is 133 Å². The number of carboxylic acid groups (broad SMARTS) is 1. The summed E-state index contributed by atoms with van der Waals surface area (Å²) in [6.45, 7) is 3.90. The molecule has 334 valence electrons. The average molecular weight is 850 g/mol. The Hall–Kier alpha value is -6.20. The van der Waals surface area contributed by atoms with E-state index in [4.69, 9.17) is 17.2 Å². The second-order valence-electron chi connectivity index (χ2n) is 14.2. The van der Waals surface area contributed by atoms with Crippen molar-refractivity contribution >= 4 is 59.1 Å². The molecule has 0 fully saturated rings. The number of unbranched alkanes of at least 4 members (excludes halogenated alkanes) is 1. The van der Waals surface area contributed by atoms with Crippen molar-refractivity contribution in [3.63, 3.8) is 0 Å². The number of aliphatic hydroxyl groups excluding tert-OH is 1. The number of nitrogens with one attached hydrogen (secondary N) is 8. The first-order valence-corrected chi connectivity index (χ1v) is 19.2. The van der Waals surface area contributed by atoms with E-state index in [-0.39, 0.29) is 12.8 Å². The third-order valence-corrected chi connectivity index (χ3v) is 8.69. The lowest BCUT2D eigenvalue weighted by molar-refractivity contribution is -0.143. The van der Waals surface area contributed by atoms with Crippen LogP contribution in [0.5, 0.6) is 0 Å². The van der Waals surface area contributed by atoms with Gasteiger partial charge < -0.3 is 69.9 Å². The van der Waals surface area contributed by atoms with E-state index in [0.29, 0.717) is 24.9 Å². The highest BCUT2D eigenvalue weighted by Gasteiger charge is 2.30. The summed E-state index contributed by atoms with van der Waals surface area (Å²) in [5.41, 5.74) is 16.9. The van der Waals surface area contributed by atoms with Crippen molar-refractivity contribution in [3.05, 3.63) is 35.9 Å². The molecular formula is C37H59N11O12. The van der Waals surface area contributed by atoms with E-state index in [2.05, 4.69) is 42.5 Å². The number of aliphatic carboxylic acids is 1. The number of hydrogen-bond donors (Lipinski definition) is 13. The molecule has 0 aromatic heterocycles. The minimum Gasteiger partial charge on any atom is -0.480 e. The molecule has 0 aliphatic heterocycles. The molecule has 16 N–H and O–H groups in total. The Balaban J connectivity index is 2.80. The lowest BCUT2D eigenvalue weighted by Gasteiger charge is -2.23. The molecule has 1 rings (SSSR count). The third-order valence-electron chi connectivity index (χ3n) is 8.69. The van der Waals surface area contributed by atoms with Crippen LogP contribution in [-0.4, -0.2) is 138 Å². The van der Waals surface area contributed by atoms with Crippen molar-refractivity contribution in [3.8, 4) is 0 Å². The molecule has 0 heterocycles. The molecule has 7 atom stereocenters. The fourth-order valence-corrected chi connectivity index (χ4v) is 5.25. The minimum atomic E-state index is -1.57. The van der Waals surface area contributed by atoms with Gasteiger partial charge in [-0.2, -0.15) is 0 Å². The Morgan fingerprint density at radius 1 is 0.633 bits per heavy atom. The first-order chi connectivity index (χ1) is 28.2. The van der Waals surface area contributed by atoms with Crippen molar-refractivity contribution in [2.45, 2.75) is 102 Å². The highest BCUT2D eigenvalue weighted by molar-refractivity contribution is 5.97. The van der Waals surface area contributed by atoms with Crippen LogP contribution < -0.4 is 59.7 Å². The smallest absolute Gasteiger partial charge is 0.326 e. The number of carbonyl (C=O) groups is 10. The molecule has 60 heavy (non-hydrogen) atoms. The van der Waals surface area contributed by atoms with E-state index in [9.17, 15) is 58.2 Å². The van der Waals surface area contributed by atoms with Crippen LogP contribution >= 0.6 is 0 Å². The van der Waals surface area contributed by atoms with Gasteiger partial charge in [-0.15, -0.1) is 0 Å². The predicted octanol–water partition coefficient (Wildman–Crippen LogP) is -5.53. The highest BCUT2D eigenvalue weighted by Crippen LogP contribution is 2.06. The maximum atomic E-state index is 13.2. The molecule has 0 bridgehead atoms. The molecule has 0 aliphatic carbocycles. The van der Waals surface area contributed by atoms with Crippen LogP contribution in [0, 0.1) is 5.92 Å². The summed E-state index contributed by atoms with van der Waals surface area (Å²) >= 11 is 0. The number of benzene rings is 1. The van der Waals surface area contributed by atoms with Gasteiger partial charge in [0.1, 0.15) is 36.3 Å². The van der Waals surface area contributed by atoms with Gasteiger partial charge in [0.05, 0.1) is 32.2 Å². The molecule has 0 saturated carbocycles. The Morgan fingerprint density at radius 3 is 1.68 bits per heavy atom. The Bertz CT molecular complexity index is 1660. The summed E-state index contributed by atoms with van der Waals surface area (Å²) in [7, 11) is 0. The van der Waals surface area contributed by atoms with Crippen LogP contribution in [0.4, 0.5) is 0 Å². The predicted molar refractivity (Wildman–Crippen MR) is 213 cm³/mol. The van der Waals surface area contributed by atoms with Crippen molar-refractivity contribution in [2.24, 2.45) is 23.1 Å². The first-order valence-electron chi connectivity index (χ1n) is 19.2. The van der Waals surface area contributed by atoms with Gasteiger partial charge in [-0.25, -0.2) is 4.79 Å². The van der Waals surface area contributed by atoms with Crippen molar-refractivity contribution < 1.29 is 58.2 Å². The second-order valence-corrected chi connectivity index (χ2v) is 14.2. The van der Waals surface area contributed by atoms with Crippen LogP contribution in [-0.2, 0) is 54.4 Å². The molecule has 1 aromatic carbocycles. The number of nitrogens with two attached hydrogens (primary N) is 3. The fraction of sp³-hybridized carbons (Fsp3) is 0.568. The highest BCUT2D eigenvalue weighted by atomic mass is 16.4. The lowest BCUT2D eigenvalue weighted by atomic mass is 10.0. The van der Waals surface area contributed by atoms with Gasteiger partial charge in [0.25, 0.3) is 0 Å². The van der Waals surface area contributed by atoms with Gasteiger partial charge in [0.2, 0.25) is 53.2 Å². The molecule has 9 amide bonds. The summed E-state index contributed by atoms with van der Waals surface area (Å²) in [6, 6.07) is -0.482. The summed E-state index contributed by atoms with van der Waals surface area (Å²) in [4.78, 5) is 125. The summed E-state index contributed by atoms with van der Waals surface area (Å²) in [5, 5.41) is 38.0. The largest absolute Gasteiger partial charge is 0.480 e. The molecule has 23 nitrogen and oxygen atoms in total. The van der Waals surface area contributed by atoms with Crippen LogP contribution in [0.15, 0.2) is 30.3 Å². The van der Waals surface area contributed by atoms with Gasteiger partial charge in [0.15, 0.2) is 0 Å². The molecule has 0 aliphatic rings. The molecule has 0 radical (unpaired) electrons. The van der Waals surface area contributed by atoms with Gasteiger partial charge in [-0.05, 0) is 51.1 Å². The molecule has 0 saturated heterocycles. The number of carbonyl (C=O) groups excluding carboxylic acids is 9. The van der Waals surface area contributed by atoms with Crippen molar-refractivity contribution in [2.75, 3.05) is 26.2 Å². The minimum absolute atomic E-state index is 0.0114. The van der Waals surface area contributed by atoms with Crippen LogP contribution in [0.1, 0.15) is 58.9 Å². The zero-order valence-electron chi connectivity index (χ0n) is 34.1. The summed E-state index contributed by atoms with van der Waals surface area (Å²) in [5.74, 6) is -9.27. The fourth-order valence-electron chi connectivity index (χ4n) is 5.25. The quantitative estimate of drug-likeness (QED) is 0.0368. The van der Waals surface area contributed by atoms with E-state index in [1.807, 2.05) is 0 Å². The Kier molecular flexibility index (Phi) is 23.1. The number of primary amides is 1. The zero-order chi connectivity index (χ0) is 45.5. The molecular weight excluding hydrogens is 790 g/mol. The van der Waals surface area contributed by atoms with Crippen LogP contribution in [0.3, 0.4) is 0 Å². The number of hydrogen-bond acceptors (Lipinski definition) is 13. The van der Waals surface area contributed by atoms with E-state index in [1.165, 1.54) is 13.8 Å². The van der Waals surface area contributed by atoms with Gasteiger partial charge >= 0.3 is 5.97 Å². The van der Waals surface area contributed by atoms with Gasteiger partial charge in [-0.3, -0.25) is 43.2 Å². The lowest BCUT2D eigenvalue weighted by Crippen LogP contribution is -2.58. The first kappa shape index (κ1) is 51.8. The molecule has 0 spiro atoms. The third kappa shape index (κ3) is 19.5. The molecule has 23 heteroatoms. The van der Waals surface area contributed by atoms with E-state index in [1.54, 1.807) is 44.2 Å². The number of aliphatic hydroxyl groups is 1. The standard InChI is InChI=1S/C37H59N11O12/c1-19(2)30(37(59)60)48-29(52)17-41-34(56)25(14-22-10-6-5-7-11-22)46-32(54)21(4)44-31(53)20(3)43-28(51)16-42-35(57)26(18-49)47-36(58)24(12-8-9-13-38)45-33(55)23(39)15-27(40)50/h5-7,10-11,19-21,23-26,30,49H,8-9,12-18,38-39H2,1-4H3,(H2,40,50)(H,41,56)(H,42,57)(H,43,51)(H,44,53)(H,45,55)(H,46,54)(H,47,58)(H,48,52)(H,59,60)/t20-,21-,23-,24-,25-,26-,30-/m0/s1. The maximum absolute atomic E-state index is 13.2. The number of amides is 9. The maximum Gasteiger partial charge on any atom is 0.326 e. The zero-order valence-corrected chi connectivity index (χ0v) is 34.1. The monoisotopic (exact) mass is 849 g/mol. The SMILES string of the molecule is CC(C)[C@H](NC(=O)CNC(=O)[C@H](Cc1ccccc1)NC(=O)[C@H](C)NC(=O)[C@H](C)NC(=O)CNC(=O)[C@H](CO)NC(=O)[C@H](CCCCN)NC(=O)[C@@H](N)CC(N)=O)C(=O)O. The average Bonchev–Trinajstić information content (AvgIpc) is 3.18. The van der Waals surface area contributed by atoms with Crippen molar-refractivity contribution in [1.82, 2.24) is 42.5 Å². The van der Waals surface area contributed by atoms with Gasteiger partial charge in [0, 0.05) is 6.42 Å². The van der Waals surface area contributed by atoms with E-state index >= 15 is 0 Å². The molecule has 1 aromatic rings. The normalized spacial score (nSPS) is 14.3. The topological polar surface area (TPSA) is 385 Å². The van der Waals surface area contributed by atoms with E-state index in [0.717, 1.165) is 0 Å².